The van der Waals surface area contributed by atoms with E-state index in [1.54, 1.807) is 0 Å². The lowest BCUT2D eigenvalue weighted by atomic mass is 10.0. The highest BCUT2D eigenvalue weighted by Crippen LogP contribution is 2.41. The molecular weight excluding hydrogens is 819 g/mol. The average Bonchev–Trinajstić information content (AvgIpc) is 4.05. The van der Waals surface area contributed by atoms with E-state index in [1.165, 1.54) is 32.3 Å². The summed E-state index contributed by atoms with van der Waals surface area (Å²) >= 11 is 0. The fourth-order valence-electron chi connectivity index (χ4n) is 10.4. The number of para-hydroxylation sites is 4. The molecule has 13 aromatic rings. The molecule has 10 aromatic carbocycles. The van der Waals surface area contributed by atoms with Crippen LogP contribution in [0.5, 0.6) is 0 Å². The fraction of sp³-hybridized carbons (Fsp3) is 0.0164. The van der Waals surface area contributed by atoms with E-state index < -0.39 is 6.17 Å². The first-order chi connectivity index (χ1) is 33.2. The molecule has 0 spiro atoms. The zero-order chi connectivity index (χ0) is 44.0. The number of furan rings is 1. The van der Waals surface area contributed by atoms with Gasteiger partial charge in [0.1, 0.15) is 17.6 Å². The highest BCUT2D eigenvalue weighted by atomic mass is 16.3. The van der Waals surface area contributed by atoms with Gasteiger partial charge in [0, 0.05) is 49.1 Å². The first-order valence-electron chi connectivity index (χ1n) is 22.8. The van der Waals surface area contributed by atoms with Crippen LogP contribution in [0, 0.1) is 0 Å². The maximum absolute atomic E-state index is 6.87. The summed E-state index contributed by atoms with van der Waals surface area (Å²) in [6.07, 6.45) is -0.464. The topological polar surface area (TPSA) is 59.8 Å². The van der Waals surface area contributed by atoms with Crippen molar-refractivity contribution >= 4 is 88.0 Å². The minimum absolute atomic E-state index is 0.464. The number of benzene rings is 10. The monoisotopic (exact) mass is 857 g/mol. The molecular formula is C61H39N5O. The van der Waals surface area contributed by atoms with Crippen LogP contribution in [0.4, 0.5) is 0 Å². The molecule has 1 unspecified atom stereocenters. The lowest BCUT2D eigenvalue weighted by molar-refractivity contribution is 0.666. The highest BCUT2D eigenvalue weighted by molar-refractivity contribution is 6.19. The molecule has 1 aliphatic rings. The van der Waals surface area contributed by atoms with Crippen molar-refractivity contribution < 1.29 is 4.42 Å². The van der Waals surface area contributed by atoms with E-state index in [1.807, 2.05) is 6.07 Å². The van der Waals surface area contributed by atoms with Gasteiger partial charge in [0.2, 0.25) is 0 Å². The molecule has 3 aromatic heterocycles. The molecule has 4 heterocycles. The summed E-state index contributed by atoms with van der Waals surface area (Å²) in [5.41, 5.74) is 13.3. The SMILES string of the molecule is c1ccc(-c2cccc(C3=NC(c4cc(-n5c6ccccc6c6cc7ccccc7cc65)c5oc6ccccc6c5c4)=NC(c4ccc5c6ccccc6n(-c6ccccc6)c5c4)N3)c2)cc1. The molecule has 0 aliphatic carbocycles. The predicted octanol–water partition coefficient (Wildman–Crippen LogP) is 15.1. The van der Waals surface area contributed by atoms with Crippen LogP contribution in [-0.2, 0) is 0 Å². The van der Waals surface area contributed by atoms with Gasteiger partial charge in [-0.1, -0.05) is 158 Å². The highest BCUT2D eigenvalue weighted by Gasteiger charge is 2.26. The van der Waals surface area contributed by atoms with Crippen LogP contribution in [0.25, 0.3) is 98.8 Å². The van der Waals surface area contributed by atoms with Crippen LogP contribution in [-0.4, -0.2) is 20.8 Å². The van der Waals surface area contributed by atoms with Crippen LogP contribution in [0.15, 0.2) is 239 Å². The van der Waals surface area contributed by atoms with Gasteiger partial charge in [0.15, 0.2) is 11.4 Å². The third-order valence-corrected chi connectivity index (χ3v) is 13.5. The number of aliphatic imine (C=N–C) groups is 2. The molecule has 67 heavy (non-hydrogen) atoms. The number of nitrogens with one attached hydrogen (secondary N) is 1. The van der Waals surface area contributed by atoms with Crippen LogP contribution >= 0.6 is 0 Å². The molecule has 1 atom stereocenters. The van der Waals surface area contributed by atoms with Crippen LogP contribution in [0.1, 0.15) is 22.9 Å². The first-order valence-corrected chi connectivity index (χ1v) is 22.8. The van der Waals surface area contributed by atoms with Gasteiger partial charge < -0.3 is 18.9 Å². The lowest BCUT2D eigenvalue weighted by Gasteiger charge is -2.24. The van der Waals surface area contributed by atoms with Gasteiger partial charge >= 0.3 is 0 Å². The second-order valence-electron chi connectivity index (χ2n) is 17.4. The molecule has 0 bridgehead atoms. The average molecular weight is 858 g/mol. The van der Waals surface area contributed by atoms with E-state index in [9.17, 15) is 0 Å². The Bertz CT molecular complexity index is 4190. The molecule has 0 amide bonds. The molecule has 314 valence electrons. The van der Waals surface area contributed by atoms with Crippen molar-refractivity contribution in [3.63, 3.8) is 0 Å². The Morgan fingerprint density at radius 2 is 1.03 bits per heavy atom. The van der Waals surface area contributed by atoms with E-state index in [4.69, 9.17) is 14.4 Å². The largest absolute Gasteiger partial charge is 0.454 e. The van der Waals surface area contributed by atoms with Crippen molar-refractivity contribution in [1.82, 2.24) is 14.5 Å². The van der Waals surface area contributed by atoms with Gasteiger partial charge in [-0.05, 0) is 94.2 Å². The normalized spacial score (nSPS) is 14.1. The van der Waals surface area contributed by atoms with Gasteiger partial charge in [-0.2, -0.15) is 0 Å². The predicted molar refractivity (Wildman–Crippen MR) is 277 cm³/mol. The van der Waals surface area contributed by atoms with Crippen molar-refractivity contribution in [2.45, 2.75) is 6.17 Å². The number of rotatable bonds is 6. The van der Waals surface area contributed by atoms with Gasteiger partial charge in [0.05, 0.1) is 27.8 Å². The van der Waals surface area contributed by atoms with Gasteiger partial charge in [0.25, 0.3) is 0 Å². The van der Waals surface area contributed by atoms with Crippen molar-refractivity contribution in [1.29, 1.82) is 0 Å². The third-order valence-electron chi connectivity index (χ3n) is 13.5. The zero-order valence-corrected chi connectivity index (χ0v) is 36.1. The molecule has 1 N–H and O–H groups in total. The number of amidine groups is 2. The summed E-state index contributed by atoms with van der Waals surface area (Å²) in [5, 5.41) is 13.0. The quantitative estimate of drug-likeness (QED) is 0.181. The van der Waals surface area contributed by atoms with E-state index in [0.29, 0.717) is 5.84 Å². The summed E-state index contributed by atoms with van der Waals surface area (Å²) in [4.78, 5) is 11.0. The third kappa shape index (κ3) is 5.97. The van der Waals surface area contributed by atoms with Gasteiger partial charge in [-0.25, -0.2) is 9.98 Å². The number of hydrogen-bond acceptors (Lipinski definition) is 4. The molecule has 1 aliphatic heterocycles. The maximum Gasteiger partial charge on any atom is 0.159 e. The van der Waals surface area contributed by atoms with Gasteiger partial charge in [-0.15, -0.1) is 0 Å². The van der Waals surface area contributed by atoms with Crippen LogP contribution in [0.2, 0.25) is 0 Å². The number of aromatic nitrogens is 2. The Morgan fingerprint density at radius 3 is 1.85 bits per heavy atom. The second-order valence-corrected chi connectivity index (χ2v) is 17.4. The lowest BCUT2D eigenvalue weighted by Crippen LogP contribution is -2.33. The van der Waals surface area contributed by atoms with E-state index >= 15 is 0 Å². The van der Waals surface area contributed by atoms with Crippen LogP contribution < -0.4 is 5.32 Å². The maximum atomic E-state index is 6.87. The second kappa shape index (κ2) is 14.8. The molecule has 0 saturated carbocycles. The Balaban J connectivity index is 1.02. The summed E-state index contributed by atoms with van der Waals surface area (Å²) < 4.78 is 11.6. The summed E-state index contributed by atoms with van der Waals surface area (Å²) in [5.74, 6) is 1.38. The molecule has 0 fully saturated rings. The summed E-state index contributed by atoms with van der Waals surface area (Å²) in [6, 6.07) is 79.8. The van der Waals surface area contributed by atoms with Crippen molar-refractivity contribution in [3.8, 4) is 22.5 Å². The Labute approximate surface area is 385 Å². The Morgan fingerprint density at radius 1 is 0.403 bits per heavy atom. The summed E-state index contributed by atoms with van der Waals surface area (Å²) in [7, 11) is 0. The minimum atomic E-state index is -0.464. The zero-order valence-electron chi connectivity index (χ0n) is 36.1. The number of hydrogen-bond donors (Lipinski definition) is 1. The van der Waals surface area contributed by atoms with E-state index in [-0.39, 0.29) is 0 Å². The van der Waals surface area contributed by atoms with Crippen LogP contribution in [0.3, 0.4) is 0 Å². The van der Waals surface area contributed by atoms with E-state index in [2.05, 4.69) is 233 Å². The van der Waals surface area contributed by atoms with Crippen molar-refractivity contribution in [3.05, 3.63) is 241 Å². The molecule has 0 saturated heterocycles. The van der Waals surface area contributed by atoms with Crippen molar-refractivity contribution in [2.75, 3.05) is 0 Å². The fourth-order valence-corrected chi connectivity index (χ4v) is 10.4. The minimum Gasteiger partial charge on any atom is -0.454 e. The molecule has 14 rings (SSSR count). The smallest absolute Gasteiger partial charge is 0.159 e. The summed E-state index contributed by atoms with van der Waals surface area (Å²) in [6.45, 7) is 0. The van der Waals surface area contributed by atoms with Crippen molar-refractivity contribution in [2.24, 2.45) is 9.98 Å². The number of nitrogens with zero attached hydrogens (tertiary/aromatic N) is 4. The number of fused-ring (bicyclic) bond motifs is 10. The molecule has 6 nitrogen and oxygen atoms in total. The first kappa shape index (κ1) is 37.4. The Hall–Kier alpha value is -9.00. The van der Waals surface area contributed by atoms with Gasteiger partial charge in [-0.3, -0.25) is 0 Å². The molecule has 6 heteroatoms. The standard InChI is InChI=1S/C61H39N5O/c1-3-16-38(17-4-1)39-20-15-21-42(32-39)59-62-60(43-30-31-48-46-24-9-12-27-52(46)65(54(48)36-43)45-22-5-2-6-23-45)64-61(63-59)44-34-51-49-26-11-14-29-57(49)67-58(51)56(37-44)66-53-28-13-10-25-47(53)50-33-40-18-7-8-19-41(40)35-55(50)66/h1-37,60H,(H,62,63,64). The van der Waals surface area contributed by atoms with E-state index in [0.717, 1.165) is 89.0 Å². The Kier molecular flexibility index (Phi) is 8.24. The molecule has 0 radical (unpaired) electrons.